The fourth-order valence-corrected chi connectivity index (χ4v) is 2.97. The molecular formula is C17H25NO3S. The van der Waals surface area contributed by atoms with Crippen LogP contribution in [0.4, 0.5) is 4.79 Å². The first-order valence-electron chi connectivity index (χ1n) is 7.93. The average Bonchev–Trinajstić information content (AvgIpc) is 2.89. The summed E-state index contributed by atoms with van der Waals surface area (Å²) in [5.74, 6) is 0. The minimum Gasteiger partial charge on any atom is -0.449 e. The molecule has 1 heterocycles. The number of benzene rings is 1. The third-order valence-corrected chi connectivity index (χ3v) is 4.15. The summed E-state index contributed by atoms with van der Waals surface area (Å²) in [7, 11) is 0. The molecule has 2 rings (SSSR count). The number of ether oxygens (including phenoxy) is 2. The number of carbonyl (C=O) groups excluding carboxylic acids is 1. The van der Waals surface area contributed by atoms with E-state index < -0.39 is 0 Å². The van der Waals surface area contributed by atoms with Crippen LogP contribution in [-0.2, 0) is 16.1 Å². The van der Waals surface area contributed by atoms with Crippen molar-refractivity contribution in [2.75, 3.05) is 19.8 Å². The molecule has 1 saturated heterocycles. The molecule has 1 fully saturated rings. The molecule has 0 aliphatic carbocycles. The molecule has 0 N–H and O–H groups in total. The molecule has 22 heavy (non-hydrogen) atoms. The average molecular weight is 323 g/mol. The number of hydrogen-bond donors (Lipinski definition) is 1. The highest BCUT2D eigenvalue weighted by Gasteiger charge is 2.34. The summed E-state index contributed by atoms with van der Waals surface area (Å²) in [6.07, 6.45) is 2.53. The third-order valence-electron chi connectivity index (χ3n) is 3.77. The maximum Gasteiger partial charge on any atom is 0.410 e. The Balaban J connectivity index is 1.78. The molecule has 0 bridgehead atoms. The smallest absolute Gasteiger partial charge is 0.410 e. The summed E-state index contributed by atoms with van der Waals surface area (Å²) >= 11 is 4.50. The van der Waals surface area contributed by atoms with Crippen molar-refractivity contribution < 1.29 is 14.3 Å². The summed E-state index contributed by atoms with van der Waals surface area (Å²) in [6, 6.07) is 10.1. The largest absolute Gasteiger partial charge is 0.449 e. The first-order chi connectivity index (χ1) is 10.7. The monoisotopic (exact) mass is 323 g/mol. The van der Waals surface area contributed by atoms with Gasteiger partial charge in [0.1, 0.15) is 0 Å². The molecule has 1 aromatic carbocycles. The molecule has 0 spiro atoms. The lowest BCUT2D eigenvalue weighted by Crippen LogP contribution is -2.39. The molecule has 122 valence electrons. The molecule has 1 aliphatic heterocycles. The number of amides is 1. The zero-order valence-corrected chi connectivity index (χ0v) is 14.0. The standard InChI is InChI=1S/C17H25NO3S/c1-2-3-9-21-17(19)18-11-16(22)10-15(18)13-20-12-14-7-5-4-6-8-14/h4-8,15-16,22H,2-3,9-13H2,1H3/t15-,16+/m0/s1. The second kappa shape index (κ2) is 9.06. The molecule has 1 amide bonds. The van der Waals surface area contributed by atoms with Crippen LogP contribution in [0.1, 0.15) is 31.7 Å². The number of hydrogen-bond acceptors (Lipinski definition) is 4. The zero-order valence-electron chi connectivity index (χ0n) is 13.1. The maximum absolute atomic E-state index is 12.1. The Morgan fingerprint density at radius 2 is 2.14 bits per heavy atom. The van der Waals surface area contributed by atoms with Crippen molar-refractivity contribution in [2.24, 2.45) is 0 Å². The van der Waals surface area contributed by atoms with E-state index in [4.69, 9.17) is 9.47 Å². The Hall–Kier alpha value is -1.20. The van der Waals surface area contributed by atoms with Gasteiger partial charge in [-0.1, -0.05) is 43.7 Å². The molecule has 0 aromatic heterocycles. The second-order valence-electron chi connectivity index (χ2n) is 5.66. The molecule has 0 saturated carbocycles. The molecule has 5 heteroatoms. The van der Waals surface area contributed by atoms with Gasteiger partial charge in [-0.3, -0.25) is 0 Å². The van der Waals surface area contributed by atoms with Gasteiger partial charge >= 0.3 is 6.09 Å². The van der Waals surface area contributed by atoms with Crippen molar-refractivity contribution in [3.8, 4) is 0 Å². The van der Waals surface area contributed by atoms with Crippen LogP contribution in [0.25, 0.3) is 0 Å². The summed E-state index contributed by atoms with van der Waals surface area (Å²) in [4.78, 5) is 13.9. The van der Waals surface area contributed by atoms with E-state index in [9.17, 15) is 4.79 Å². The Morgan fingerprint density at radius 3 is 2.86 bits per heavy atom. The highest BCUT2D eigenvalue weighted by atomic mass is 32.1. The number of carbonyl (C=O) groups is 1. The molecule has 2 atom stereocenters. The minimum absolute atomic E-state index is 0.0559. The first kappa shape index (κ1) is 17.2. The predicted molar refractivity (Wildman–Crippen MR) is 90.2 cm³/mol. The van der Waals surface area contributed by atoms with Gasteiger partial charge in [-0.25, -0.2) is 4.79 Å². The fourth-order valence-electron chi connectivity index (χ4n) is 2.55. The van der Waals surface area contributed by atoms with Gasteiger partial charge in [-0.2, -0.15) is 12.6 Å². The summed E-state index contributed by atoms with van der Waals surface area (Å²) < 4.78 is 11.1. The van der Waals surface area contributed by atoms with Crippen LogP contribution in [-0.4, -0.2) is 42.0 Å². The highest BCUT2D eigenvalue weighted by molar-refractivity contribution is 7.81. The molecule has 0 radical (unpaired) electrons. The van der Waals surface area contributed by atoms with Gasteiger partial charge in [0, 0.05) is 11.8 Å². The lowest BCUT2D eigenvalue weighted by Gasteiger charge is -2.23. The minimum atomic E-state index is -0.238. The van der Waals surface area contributed by atoms with E-state index >= 15 is 0 Å². The van der Waals surface area contributed by atoms with Crippen molar-refractivity contribution in [3.05, 3.63) is 35.9 Å². The summed E-state index contributed by atoms with van der Waals surface area (Å²) in [5.41, 5.74) is 1.14. The number of rotatable bonds is 7. The van der Waals surface area contributed by atoms with E-state index in [0.29, 0.717) is 26.4 Å². The van der Waals surface area contributed by atoms with Crippen LogP contribution in [0.2, 0.25) is 0 Å². The first-order valence-corrected chi connectivity index (χ1v) is 8.45. The van der Waals surface area contributed by atoms with Crippen molar-refractivity contribution in [1.29, 1.82) is 0 Å². The number of thiol groups is 1. The summed E-state index contributed by atoms with van der Waals surface area (Å²) in [5, 5.41) is 0.198. The van der Waals surface area contributed by atoms with Gasteiger partial charge in [0.15, 0.2) is 0 Å². The van der Waals surface area contributed by atoms with Gasteiger partial charge in [0.25, 0.3) is 0 Å². The topological polar surface area (TPSA) is 38.8 Å². The predicted octanol–water partition coefficient (Wildman–Crippen LogP) is 3.51. The van der Waals surface area contributed by atoms with Crippen molar-refractivity contribution in [3.63, 3.8) is 0 Å². The van der Waals surface area contributed by atoms with Crippen molar-refractivity contribution >= 4 is 18.7 Å². The van der Waals surface area contributed by atoms with Crippen LogP contribution in [0, 0.1) is 0 Å². The third kappa shape index (κ3) is 5.21. The van der Waals surface area contributed by atoms with Gasteiger partial charge in [0.05, 0.1) is 25.9 Å². The van der Waals surface area contributed by atoms with E-state index in [0.717, 1.165) is 24.8 Å². The molecular weight excluding hydrogens is 298 g/mol. The summed E-state index contributed by atoms with van der Waals surface area (Å²) in [6.45, 7) is 4.28. The number of unbranched alkanes of at least 4 members (excludes halogenated alkanes) is 1. The molecule has 1 aromatic rings. The highest BCUT2D eigenvalue weighted by Crippen LogP contribution is 2.23. The van der Waals surface area contributed by atoms with Gasteiger partial charge in [0.2, 0.25) is 0 Å². The van der Waals surface area contributed by atoms with Crippen LogP contribution in [0.15, 0.2) is 30.3 Å². The lowest BCUT2D eigenvalue weighted by molar-refractivity contribution is 0.0514. The van der Waals surface area contributed by atoms with Crippen LogP contribution >= 0.6 is 12.6 Å². The normalized spacial score (nSPS) is 21.1. The van der Waals surface area contributed by atoms with Gasteiger partial charge in [-0.05, 0) is 18.4 Å². The molecule has 1 aliphatic rings. The molecule has 0 unspecified atom stereocenters. The van der Waals surface area contributed by atoms with E-state index in [1.54, 1.807) is 4.90 Å². The fraction of sp³-hybridized carbons (Fsp3) is 0.588. The Kier molecular flexibility index (Phi) is 7.06. The zero-order chi connectivity index (χ0) is 15.8. The van der Waals surface area contributed by atoms with Crippen LogP contribution in [0.3, 0.4) is 0 Å². The SMILES string of the molecule is CCCCOC(=O)N1C[C@H](S)C[C@H]1COCc1ccccc1. The number of likely N-dealkylation sites (tertiary alicyclic amines) is 1. The Morgan fingerprint density at radius 1 is 1.36 bits per heavy atom. The van der Waals surface area contributed by atoms with Crippen molar-refractivity contribution in [1.82, 2.24) is 4.90 Å². The quantitative estimate of drug-likeness (QED) is 0.616. The molecule has 4 nitrogen and oxygen atoms in total. The van der Waals surface area contributed by atoms with E-state index in [1.165, 1.54) is 0 Å². The van der Waals surface area contributed by atoms with Crippen LogP contribution in [0.5, 0.6) is 0 Å². The van der Waals surface area contributed by atoms with E-state index in [2.05, 4.69) is 19.6 Å². The Bertz CT molecular complexity index is 454. The van der Waals surface area contributed by atoms with Gasteiger partial charge in [-0.15, -0.1) is 0 Å². The maximum atomic E-state index is 12.1. The number of nitrogens with zero attached hydrogens (tertiary/aromatic N) is 1. The van der Waals surface area contributed by atoms with E-state index in [1.807, 2.05) is 30.3 Å². The Labute approximate surface area is 138 Å². The van der Waals surface area contributed by atoms with E-state index in [-0.39, 0.29) is 17.4 Å². The van der Waals surface area contributed by atoms with Crippen LogP contribution < -0.4 is 0 Å². The lowest BCUT2D eigenvalue weighted by atomic mass is 10.2. The van der Waals surface area contributed by atoms with Crippen molar-refractivity contribution in [2.45, 2.75) is 44.1 Å². The van der Waals surface area contributed by atoms with Gasteiger partial charge < -0.3 is 14.4 Å². The second-order valence-corrected chi connectivity index (χ2v) is 6.39.